The van der Waals surface area contributed by atoms with Gasteiger partial charge in [0.15, 0.2) is 0 Å². The lowest BCUT2D eigenvalue weighted by Gasteiger charge is -2.59. The standard InChI is InChI=1S/C23H34N6/c24-11-19-13-27-22(26-12-15-4-2-1-3-5-15)29-21(19)28-14-23-8-16-6-17(9-23)20(25)18(7-16)10-23/h13,15-18,20H,1-10,12,14,25H2,(H2,26,27,28,29)/t16?,17-,18+,20?,23?. The van der Waals surface area contributed by atoms with Crippen molar-refractivity contribution in [3.05, 3.63) is 11.8 Å². The summed E-state index contributed by atoms with van der Waals surface area (Å²) in [6.45, 7) is 1.83. The number of nitrogens with one attached hydrogen (secondary N) is 2. The van der Waals surface area contributed by atoms with Gasteiger partial charge in [-0.2, -0.15) is 10.2 Å². The third-order valence-electron chi connectivity index (χ3n) is 8.29. The van der Waals surface area contributed by atoms with Crippen LogP contribution in [0.1, 0.15) is 69.8 Å². The zero-order valence-corrected chi connectivity index (χ0v) is 17.4. The zero-order chi connectivity index (χ0) is 19.8. The highest BCUT2D eigenvalue weighted by Gasteiger charge is 2.54. The smallest absolute Gasteiger partial charge is 0.224 e. The molecule has 6 rings (SSSR count). The average Bonchev–Trinajstić information content (AvgIpc) is 2.75. The summed E-state index contributed by atoms with van der Waals surface area (Å²) >= 11 is 0. The van der Waals surface area contributed by atoms with E-state index in [1.54, 1.807) is 6.20 Å². The van der Waals surface area contributed by atoms with Crippen LogP contribution in [0.25, 0.3) is 0 Å². The van der Waals surface area contributed by atoms with E-state index in [9.17, 15) is 5.26 Å². The van der Waals surface area contributed by atoms with Gasteiger partial charge in [0.25, 0.3) is 0 Å². The SMILES string of the molecule is N#Cc1cnc(NCC2CCCCC2)nc1NCC12CC3C[C@H](C1)C(N)[C@@H](C3)C2. The summed E-state index contributed by atoms with van der Waals surface area (Å²) < 4.78 is 0. The Morgan fingerprint density at radius 1 is 1.10 bits per heavy atom. The maximum absolute atomic E-state index is 9.53. The van der Waals surface area contributed by atoms with Gasteiger partial charge in [-0.05, 0) is 74.0 Å². The number of hydrogen-bond acceptors (Lipinski definition) is 6. The number of rotatable bonds is 6. The Balaban J connectivity index is 1.25. The van der Waals surface area contributed by atoms with E-state index in [4.69, 9.17) is 5.73 Å². The molecule has 0 spiro atoms. The van der Waals surface area contributed by atoms with Gasteiger partial charge in [-0.3, -0.25) is 0 Å². The molecule has 5 atom stereocenters. The van der Waals surface area contributed by atoms with E-state index in [0.29, 0.717) is 40.6 Å². The van der Waals surface area contributed by atoms with Crippen LogP contribution in [0.5, 0.6) is 0 Å². The van der Waals surface area contributed by atoms with Crippen molar-refractivity contribution in [3.8, 4) is 6.07 Å². The van der Waals surface area contributed by atoms with Crippen LogP contribution in [0.15, 0.2) is 6.20 Å². The second-order valence-corrected chi connectivity index (χ2v) is 10.4. The van der Waals surface area contributed by atoms with E-state index in [2.05, 4.69) is 26.7 Å². The summed E-state index contributed by atoms with van der Waals surface area (Å²) in [5.41, 5.74) is 7.37. The molecule has 3 unspecified atom stereocenters. The van der Waals surface area contributed by atoms with Gasteiger partial charge < -0.3 is 16.4 Å². The Kier molecular flexibility index (Phi) is 5.11. The number of aromatic nitrogens is 2. The van der Waals surface area contributed by atoms with Crippen LogP contribution in [-0.4, -0.2) is 29.1 Å². The number of nitrogens with two attached hydrogens (primary N) is 1. The minimum Gasteiger partial charge on any atom is -0.368 e. The summed E-state index contributed by atoms with van der Waals surface area (Å²) in [7, 11) is 0. The molecule has 1 aromatic rings. The topological polar surface area (TPSA) is 99.6 Å². The molecule has 29 heavy (non-hydrogen) atoms. The summed E-state index contributed by atoms with van der Waals surface area (Å²) in [4.78, 5) is 9.06. The molecule has 5 saturated carbocycles. The van der Waals surface area contributed by atoms with Gasteiger partial charge in [0, 0.05) is 19.1 Å². The minimum absolute atomic E-state index is 0.333. The molecule has 156 valence electrons. The summed E-state index contributed by atoms with van der Waals surface area (Å²) in [5.74, 6) is 4.28. The van der Waals surface area contributed by atoms with Crippen molar-refractivity contribution < 1.29 is 0 Å². The van der Waals surface area contributed by atoms with Gasteiger partial charge in [0.2, 0.25) is 5.95 Å². The molecule has 1 heterocycles. The molecule has 1 aromatic heterocycles. The molecule has 4 N–H and O–H groups in total. The Morgan fingerprint density at radius 2 is 1.86 bits per heavy atom. The van der Waals surface area contributed by atoms with Crippen molar-refractivity contribution in [1.82, 2.24) is 9.97 Å². The second-order valence-electron chi connectivity index (χ2n) is 10.4. The third kappa shape index (κ3) is 3.82. The van der Waals surface area contributed by atoms with E-state index < -0.39 is 0 Å². The molecule has 5 aliphatic rings. The first-order valence-corrected chi connectivity index (χ1v) is 11.6. The van der Waals surface area contributed by atoms with Crippen LogP contribution in [-0.2, 0) is 0 Å². The molecular formula is C23H34N6. The largest absolute Gasteiger partial charge is 0.368 e. The maximum Gasteiger partial charge on any atom is 0.224 e. The van der Waals surface area contributed by atoms with Gasteiger partial charge in [0.1, 0.15) is 17.5 Å². The summed E-state index contributed by atoms with van der Waals surface area (Å²) in [6, 6.07) is 2.67. The van der Waals surface area contributed by atoms with Gasteiger partial charge in [-0.1, -0.05) is 19.3 Å². The quantitative estimate of drug-likeness (QED) is 0.676. The minimum atomic E-state index is 0.333. The Labute approximate surface area is 174 Å². The van der Waals surface area contributed by atoms with E-state index in [1.807, 2.05) is 0 Å². The van der Waals surface area contributed by atoms with Crippen molar-refractivity contribution in [3.63, 3.8) is 0 Å². The number of nitrogens with zero attached hydrogens (tertiary/aromatic N) is 3. The summed E-state index contributed by atoms with van der Waals surface area (Å²) in [5, 5.41) is 16.5. The molecule has 0 aromatic carbocycles. The molecule has 0 aliphatic heterocycles. The normalized spacial score (nSPS) is 36.0. The predicted molar refractivity (Wildman–Crippen MR) is 114 cm³/mol. The fraction of sp³-hybridized carbons (Fsp3) is 0.783. The van der Waals surface area contributed by atoms with Crippen LogP contribution >= 0.6 is 0 Å². The summed E-state index contributed by atoms with van der Waals surface area (Å²) in [6.07, 6.45) is 14.7. The van der Waals surface area contributed by atoms with Crippen LogP contribution in [0.3, 0.4) is 0 Å². The van der Waals surface area contributed by atoms with Crippen LogP contribution < -0.4 is 16.4 Å². The molecular weight excluding hydrogens is 360 g/mol. The molecule has 0 radical (unpaired) electrons. The molecule has 4 bridgehead atoms. The van der Waals surface area contributed by atoms with Gasteiger partial charge in [0.05, 0.1) is 6.20 Å². The lowest BCUT2D eigenvalue weighted by atomic mass is 9.48. The van der Waals surface area contributed by atoms with Crippen molar-refractivity contribution >= 4 is 11.8 Å². The Bertz CT molecular complexity index is 764. The predicted octanol–water partition coefficient (Wildman–Crippen LogP) is 3.91. The lowest BCUT2D eigenvalue weighted by molar-refractivity contribution is -0.0591. The van der Waals surface area contributed by atoms with Gasteiger partial charge in [-0.25, -0.2) is 4.98 Å². The van der Waals surface area contributed by atoms with Gasteiger partial charge in [-0.15, -0.1) is 0 Å². The van der Waals surface area contributed by atoms with Crippen molar-refractivity contribution in [2.45, 2.75) is 70.3 Å². The van der Waals surface area contributed by atoms with Crippen molar-refractivity contribution in [2.75, 3.05) is 23.7 Å². The van der Waals surface area contributed by atoms with Crippen LogP contribution in [0, 0.1) is 40.4 Å². The van der Waals surface area contributed by atoms with Crippen LogP contribution in [0.2, 0.25) is 0 Å². The Morgan fingerprint density at radius 3 is 2.59 bits per heavy atom. The van der Waals surface area contributed by atoms with E-state index in [0.717, 1.165) is 24.9 Å². The average molecular weight is 395 g/mol. The van der Waals surface area contributed by atoms with Gasteiger partial charge >= 0.3 is 0 Å². The van der Waals surface area contributed by atoms with Crippen molar-refractivity contribution in [2.24, 2.45) is 34.8 Å². The maximum atomic E-state index is 9.53. The number of nitriles is 1. The lowest BCUT2D eigenvalue weighted by Crippen LogP contribution is -2.58. The monoisotopic (exact) mass is 394 g/mol. The van der Waals surface area contributed by atoms with Crippen molar-refractivity contribution in [1.29, 1.82) is 5.26 Å². The molecule has 6 nitrogen and oxygen atoms in total. The number of hydrogen-bond donors (Lipinski definition) is 3. The van der Waals surface area contributed by atoms with E-state index in [-0.39, 0.29) is 0 Å². The molecule has 6 heteroatoms. The fourth-order valence-electron chi connectivity index (χ4n) is 7.03. The highest BCUT2D eigenvalue weighted by Crippen LogP contribution is 2.59. The third-order valence-corrected chi connectivity index (χ3v) is 8.29. The Hall–Kier alpha value is -1.87. The highest BCUT2D eigenvalue weighted by molar-refractivity contribution is 5.53. The number of anilines is 2. The molecule has 5 fully saturated rings. The highest BCUT2D eigenvalue weighted by atomic mass is 15.1. The second kappa shape index (κ2) is 7.75. The first kappa shape index (κ1) is 19.1. The molecule has 5 aliphatic carbocycles. The first-order chi connectivity index (χ1) is 14.1. The fourth-order valence-corrected chi connectivity index (χ4v) is 7.03. The zero-order valence-electron chi connectivity index (χ0n) is 17.4. The van der Waals surface area contributed by atoms with E-state index in [1.165, 1.54) is 64.2 Å². The first-order valence-electron chi connectivity index (χ1n) is 11.6. The van der Waals surface area contributed by atoms with E-state index >= 15 is 0 Å². The molecule has 0 amide bonds. The molecule has 0 saturated heterocycles. The van der Waals surface area contributed by atoms with Crippen LogP contribution in [0.4, 0.5) is 11.8 Å².